The molecule has 0 radical (unpaired) electrons. The van der Waals surface area contributed by atoms with Gasteiger partial charge in [0.2, 0.25) is 6.79 Å². The molecule has 0 bridgehead atoms. The lowest BCUT2D eigenvalue weighted by Gasteiger charge is -2.35. The highest BCUT2D eigenvalue weighted by Gasteiger charge is 2.49. The van der Waals surface area contributed by atoms with Gasteiger partial charge in [0.15, 0.2) is 11.5 Å². The smallest absolute Gasteiger partial charge is 0.327 e. The number of benzene rings is 1. The number of carbonyl (C=O) groups is 2. The number of halogens is 1. The van der Waals surface area contributed by atoms with Gasteiger partial charge in [-0.05, 0) is 30.5 Å². The van der Waals surface area contributed by atoms with Gasteiger partial charge in [-0.2, -0.15) is 0 Å². The molecule has 3 heterocycles. The average Bonchev–Trinajstić information content (AvgIpc) is 3.25. The van der Waals surface area contributed by atoms with Crippen LogP contribution in [0.25, 0.3) is 0 Å². The number of nitrogens with zero attached hydrogens (tertiary/aromatic N) is 3. The number of hydrogen-bond donors (Lipinski definition) is 0. The Bertz CT molecular complexity index is 768. The van der Waals surface area contributed by atoms with Gasteiger partial charge in [0.05, 0.1) is 0 Å². The van der Waals surface area contributed by atoms with Crippen molar-refractivity contribution in [2.24, 2.45) is 0 Å². The molecule has 0 aromatic heterocycles. The van der Waals surface area contributed by atoms with E-state index in [2.05, 4.69) is 4.90 Å². The summed E-state index contributed by atoms with van der Waals surface area (Å²) in [5.41, 5.74) is 1.13. The van der Waals surface area contributed by atoms with Gasteiger partial charge in [0.25, 0.3) is 5.91 Å². The van der Waals surface area contributed by atoms with E-state index in [1.807, 2.05) is 18.2 Å². The predicted octanol–water partition coefficient (Wildman–Crippen LogP) is 2.62. The van der Waals surface area contributed by atoms with E-state index in [9.17, 15) is 9.59 Å². The minimum absolute atomic E-state index is 0. The molecule has 152 valence electrons. The number of urea groups is 1. The first-order valence-corrected chi connectivity index (χ1v) is 9.95. The maximum absolute atomic E-state index is 13.0. The lowest BCUT2D eigenvalue weighted by molar-refractivity contribution is -0.131. The molecular weight excluding hydrogens is 382 g/mol. The summed E-state index contributed by atoms with van der Waals surface area (Å²) in [7, 11) is 0. The van der Waals surface area contributed by atoms with Gasteiger partial charge >= 0.3 is 6.03 Å². The maximum Gasteiger partial charge on any atom is 0.327 e. The first-order valence-electron chi connectivity index (χ1n) is 9.95. The van der Waals surface area contributed by atoms with Gasteiger partial charge in [-0.3, -0.25) is 14.6 Å². The van der Waals surface area contributed by atoms with Crippen molar-refractivity contribution in [2.45, 2.75) is 50.7 Å². The van der Waals surface area contributed by atoms with Crippen molar-refractivity contribution < 1.29 is 19.1 Å². The summed E-state index contributed by atoms with van der Waals surface area (Å²) >= 11 is 0. The standard InChI is InChI=1S/C20H25N3O4.ClH/c24-19-16-12-21(11-14-6-7-17-18(10-14)27-13-26-17)8-9-22(16)20(25)23(19)15-4-2-1-3-5-15;/h6-7,10,15-16H,1-5,8-9,11-13H2;1H. The van der Waals surface area contributed by atoms with Crippen LogP contribution in [0.2, 0.25) is 0 Å². The van der Waals surface area contributed by atoms with Crippen molar-refractivity contribution in [3.8, 4) is 11.5 Å². The summed E-state index contributed by atoms with van der Waals surface area (Å²) in [6.45, 7) is 3.01. The van der Waals surface area contributed by atoms with Gasteiger partial charge < -0.3 is 14.4 Å². The van der Waals surface area contributed by atoms with Crippen molar-refractivity contribution in [1.29, 1.82) is 0 Å². The normalized spacial score (nSPS) is 25.1. The van der Waals surface area contributed by atoms with Crippen LogP contribution in [-0.4, -0.2) is 65.1 Å². The molecule has 5 rings (SSSR count). The monoisotopic (exact) mass is 407 g/mol. The highest BCUT2D eigenvalue weighted by Crippen LogP contribution is 2.34. The Kier molecular flexibility index (Phi) is 5.38. The van der Waals surface area contributed by atoms with E-state index >= 15 is 0 Å². The number of amides is 3. The Morgan fingerprint density at radius 3 is 2.61 bits per heavy atom. The fourth-order valence-corrected chi connectivity index (χ4v) is 4.79. The highest BCUT2D eigenvalue weighted by atomic mass is 35.5. The van der Waals surface area contributed by atoms with Crippen LogP contribution in [-0.2, 0) is 11.3 Å². The lowest BCUT2D eigenvalue weighted by atomic mass is 9.94. The van der Waals surface area contributed by atoms with E-state index in [1.54, 1.807) is 9.80 Å². The van der Waals surface area contributed by atoms with E-state index in [0.717, 1.165) is 55.8 Å². The Morgan fingerprint density at radius 2 is 1.79 bits per heavy atom. The van der Waals surface area contributed by atoms with Crippen molar-refractivity contribution in [3.63, 3.8) is 0 Å². The molecule has 0 N–H and O–H groups in total. The quantitative estimate of drug-likeness (QED) is 0.721. The van der Waals surface area contributed by atoms with Crippen LogP contribution in [0.4, 0.5) is 4.79 Å². The molecule has 1 unspecified atom stereocenters. The molecule has 7 nitrogen and oxygen atoms in total. The molecule has 2 saturated heterocycles. The van der Waals surface area contributed by atoms with Crippen LogP contribution in [0.3, 0.4) is 0 Å². The second kappa shape index (κ2) is 7.79. The van der Waals surface area contributed by atoms with Gasteiger partial charge in [-0.1, -0.05) is 25.3 Å². The summed E-state index contributed by atoms with van der Waals surface area (Å²) in [4.78, 5) is 31.4. The van der Waals surface area contributed by atoms with Gasteiger partial charge in [-0.15, -0.1) is 12.4 Å². The summed E-state index contributed by atoms with van der Waals surface area (Å²) in [6.07, 6.45) is 5.35. The molecule has 8 heteroatoms. The van der Waals surface area contributed by atoms with E-state index in [-0.39, 0.29) is 43.2 Å². The van der Waals surface area contributed by atoms with Crippen LogP contribution in [0.5, 0.6) is 11.5 Å². The van der Waals surface area contributed by atoms with Crippen molar-refractivity contribution >= 4 is 24.3 Å². The lowest BCUT2D eigenvalue weighted by Crippen LogP contribution is -2.52. The van der Waals surface area contributed by atoms with Crippen molar-refractivity contribution in [2.75, 3.05) is 26.4 Å². The molecule has 1 aliphatic carbocycles. The number of fused-ring (bicyclic) bond motifs is 2. The number of piperazine rings is 1. The van der Waals surface area contributed by atoms with Crippen LogP contribution >= 0.6 is 12.4 Å². The number of hydrogen-bond acceptors (Lipinski definition) is 5. The van der Waals surface area contributed by atoms with Gasteiger partial charge in [-0.25, -0.2) is 4.79 Å². The zero-order chi connectivity index (χ0) is 18.4. The molecule has 1 aromatic carbocycles. The van der Waals surface area contributed by atoms with Gasteiger partial charge in [0, 0.05) is 32.2 Å². The molecule has 28 heavy (non-hydrogen) atoms. The molecule has 3 amide bonds. The average molecular weight is 408 g/mol. The number of ether oxygens (including phenoxy) is 2. The second-order valence-electron chi connectivity index (χ2n) is 7.91. The van der Waals surface area contributed by atoms with E-state index in [0.29, 0.717) is 13.1 Å². The summed E-state index contributed by atoms with van der Waals surface area (Å²) < 4.78 is 10.8. The van der Waals surface area contributed by atoms with Crippen molar-refractivity contribution in [1.82, 2.24) is 14.7 Å². The fourth-order valence-electron chi connectivity index (χ4n) is 4.79. The molecule has 1 atom stereocenters. The first-order chi connectivity index (χ1) is 13.2. The molecule has 3 aliphatic heterocycles. The first kappa shape index (κ1) is 19.3. The largest absolute Gasteiger partial charge is 0.454 e. The fraction of sp³-hybridized carbons (Fsp3) is 0.600. The maximum atomic E-state index is 13.0. The molecule has 1 aromatic rings. The minimum Gasteiger partial charge on any atom is -0.454 e. The van der Waals surface area contributed by atoms with Crippen LogP contribution in [0.1, 0.15) is 37.7 Å². The highest BCUT2D eigenvalue weighted by molar-refractivity contribution is 6.04. The molecule has 0 spiro atoms. The zero-order valence-electron chi connectivity index (χ0n) is 15.8. The predicted molar refractivity (Wildman–Crippen MR) is 105 cm³/mol. The van der Waals surface area contributed by atoms with E-state index in [1.165, 1.54) is 6.42 Å². The third-order valence-corrected chi connectivity index (χ3v) is 6.22. The SMILES string of the molecule is Cl.O=C1C2CN(Cc3ccc4c(c3)OCO4)CCN2C(=O)N1C1CCCCC1. The number of rotatable bonds is 3. The van der Waals surface area contributed by atoms with Crippen LogP contribution in [0, 0.1) is 0 Å². The molecule has 1 saturated carbocycles. The Morgan fingerprint density at radius 1 is 1.00 bits per heavy atom. The number of carbonyl (C=O) groups excluding carboxylic acids is 2. The summed E-state index contributed by atoms with van der Waals surface area (Å²) in [5, 5.41) is 0. The third kappa shape index (κ3) is 3.31. The third-order valence-electron chi connectivity index (χ3n) is 6.22. The summed E-state index contributed by atoms with van der Waals surface area (Å²) in [5.74, 6) is 1.56. The molecule has 3 fully saturated rings. The van der Waals surface area contributed by atoms with Crippen LogP contribution < -0.4 is 9.47 Å². The minimum atomic E-state index is -0.331. The van der Waals surface area contributed by atoms with Crippen LogP contribution in [0.15, 0.2) is 18.2 Å². The molecule has 4 aliphatic rings. The Balaban J connectivity index is 0.00000192. The van der Waals surface area contributed by atoms with Crippen molar-refractivity contribution in [3.05, 3.63) is 23.8 Å². The second-order valence-corrected chi connectivity index (χ2v) is 7.91. The number of imide groups is 1. The zero-order valence-corrected chi connectivity index (χ0v) is 16.7. The Labute approximate surface area is 170 Å². The Hall–Kier alpha value is -1.99. The van der Waals surface area contributed by atoms with E-state index in [4.69, 9.17) is 9.47 Å². The summed E-state index contributed by atoms with van der Waals surface area (Å²) in [6, 6.07) is 5.68. The topological polar surface area (TPSA) is 62.3 Å². The molecular formula is C20H26ClN3O4. The van der Waals surface area contributed by atoms with Gasteiger partial charge in [0.1, 0.15) is 6.04 Å². The van der Waals surface area contributed by atoms with E-state index < -0.39 is 0 Å².